The van der Waals surface area contributed by atoms with Gasteiger partial charge in [-0.3, -0.25) is 14.2 Å². The summed E-state index contributed by atoms with van der Waals surface area (Å²) in [6.45, 7) is 4.08. The Morgan fingerprint density at radius 2 is 1.91 bits per heavy atom. The summed E-state index contributed by atoms with van der Waals surface area (Å²) in [6.07, 6.45) is 0. The van der Waals surface area contributed by atoms with E-state index in [4.69, 9.17) is 21.1 Å². The fraction of sp³-hybridized carbons (Fsp3) is 0.273. The topological polar surface area (TPSA) is 95.3 Å². The van der Waals surface area contributed by atoms with Crippen molar-refractivity contribution in [2.24, 2.45) is 0 Å². The number of halogens is 1. The number of esters is 1. The third-order valence-corrected chi connectivity index (χ3v) is 5.88. The molecule has 1 aromatic heterocycles. The van der Waals surface area contributed by atoms with Crippen molar-refractivity contribution >= 4 is 35.2 Å². The van der Waals surface area contributed by atoms with Crippen LogP contribution in [0.1, 0.15) is 28.7 Å². The van der Waals surface area contributed by atoms with Crippen LogP contribution in [0.15, 0.2) is 47.6 Å². The van der Waals surface area contributed by atoms with Crippen molar-refractivity contribution in [1.82, 2.24) is 20.1 Å². The van der Waals surface area contributed by atoms with E-state index in [2.05, 4.69) is 15.5 Å². The molecular formula is C22H23ClN4O4S. The number of carbonyl (C=O) groups is 2. The van der Waals surface area contributed by atoms with Crippen molar-refractivity contribution in [2.75, 3.05) is 19.5 Å². The summed E-state index contributed by atoms with van der Waals surface area (Å²) in [5.41, 5.74) is 2.09. The lowest BCUT2D eigenvalue weighted by Gasteiger charge is -2.14. The van der Waals surface area contributed by atoms with Crippen molar-refractivity contribution in [3.8, 4) is 11.4 Å². The van der Waals surface area contributed by atoms with Crippen LogP contribution in [0, 0.1) is 6.92 Å². The molecule has 32 heavy (non-hydrogen) atoms. The molecule has 0 fully saturated rings. The molecule has 0 aliphatic heterocycles. The molecule has 1 amide bonds. The van der Waals surface area contributed by atoms with Crippen molar-refractivity contribution < 1.29 is 19.1 Å². The molecule has 2 aromatic carbocycles. The van der Waals surface area contributed by atoms with Gasteiger partial charge in [-0.2, -0.15) is 0 Å². The van der Waals surface area contributed by atoms with Gasteiger partial charge in [0, 0.05) is 10.6 Å². The van der Waals surface area contributed by atoms with Gasteiger partial charge in [0.1, 0.15) is 5.75 Å². The second-order valence-electron chi connectivity index (χ2n) is 6.62. The zero-order valence-electron chi connectivity index (χ0n) is 17.9. The molecule has 0 unspecified atom stereocenters. The maximum Gasteiger partial charge on any atom is 0.316 e. The molecule has 0 aliphatic carbocycles. The standard InChI is InChI=1S/C22H23ClN4O4S/c1-4-31-20(28)13-32-22-26-25-19(27(22)18-7-5-6-17(23)14(18)2)12-24-21(29)15-8-10-16(30-3)11-9-15/h5-11H,4,12-13H2,1-3H3,(H,24,29). The van der Waals surface area contributed by atoms with E-state index in [1.54, 1.807) is 48.9 Å². The Kier molecular flexibility index (Phi) is 8.13. The Balaban J connectivity index is 1.85. The lowest BCUT2D eigenvalue weighted by atomic mass is 10.2. The summed E-state index contributed by atoms with van der Waals surface area (Å²) in [5.74, 6) is 0.656. The fourth-order valence-corrected chi connectivity index (χ4v) is 3.85. The van der Waals surface area contributed by atoms with E-state index in [-0.39, 0.29) is 24.2 Å². The molecule has 1 heterocycles. The second-order valence-corrected chi connectivity index (χ2v) is 7.97. The van der Waals surface area contributed by atoms with Crippen LogP contribution in [0.4, 0.5) is 0 Å². The van der Waals surface area contributed by atoms with E-state index in [1.807, 2.05) is 19.1 Å². The first kappa shape index (κ1) is 23.6. The molecule has 0 aliphatic rings. The maximum absolute atomic E-state index is 12.6. The zero-order valence-corrected chi connectivity index (χ0v) is 19.5. The highest BCUT2D eigenvalue weighted by Gasteiger charge is 2.19. The van der Waals surface area contributed by atoms with Crippen LogP contribution in [0.3, 0.4) is 0 Å². The van der Waals surface area contributed by atoms with E-state index in [0.29, 0.717) is 33.9 Å². The highest BCUT2D eigenvalue weighted by Crippen LogP contribution is 2.28. The summed E-state index contributed by atoms with van der Waals surface area (Å²) in [6, 6.07) is 12.3. The van der Waals surface area contributed by atoms with Gasteiger partial charge < -0.3 is 14.8 Å². The van der Waals surface area contributed by atoms with Gasteiger partial charge >= 0.3 is 5.97 Å². The highest BCUT2D eigenvalue weighted by atomic mass is 35.5. The van der Waals surface area contributed by atoms with Gasteiger partial charge in [0.2, 0.25) is 0 Å². The third kappa shape index (κ3) is 5.60. The molecule has 0 spiro atoms. The number of hydrogen-bond donors (Lipinski definition) is 1. The molecule has 168 valence electrons. The van der Waals surface area contributed by atoms with Crippen LogP contribution in [-0.4, -0.2) is 46.1 Å². The van der Waals surface area contributed by atoms with Crippen LogP contribution < -0.4 is 10.1 Å². The lowest BCUT2D eigenvalue weighted by molar-refractivity contribution is -0.139. The first-order valence-corrected chi connectivity index (χ1v) is 11.2. The monoisotopic (exact) mass is 474 g/mol. The Labute approximate surface area is 195 Å². The highest BCUT2D eigenvalue weighted by molar-refractivity contribution is 7.99. The van der Waals surface area contributed by atoms with Crippen LogP contribution >= 0.6 is 23.4 Å². The maximum atomic E-state index is 12.6. The quantitative estimate of drug-likeness (QED) is 0.372. The Hall–Kier alpha value is -3.04. The minimum atomic E-state index is -0.343. The minimum absolute atomic E-state index is 0.0871. The van der Waals surface area contributed by atoms with Crippen LogP contribution in [0.25, 0.3) is 5.69 Å². The van der Waals surface area contributed by atoms with Gasteiger partial charge in [0.15, 0.2) is 11.0 Å². The lowest BCUT2D eigenvalue weighted by Crippen LogP contribution is -2.24. The summed E-state index contributed by atoms with van der Waals surface area (Å²) < 4.78 is 11.9. The first-order chi connectivity index (χ1) is 15.4. The smallest absolute Gasteiger partial charge is 0.316 e. The molecule has 0 atom stereocenters. The van der Waals surface area contributed by atoms with Gasteiger partial charge in [0.25, 0.3) is 5.91 Å². The number of nitrogens with one attached hydrogen (secondary N) is 1. The van der Waals surface area contributed by atoms with Crippen LogP contribution in [0.2, 0.25) is 5.02 Å². The van der Waals surface area contributed by atoms with Crippen LogP contribution in [-0.2, 0) is 16.1 Å². The van der Waals surface area contributed by atoms with Gasteiger partial charge in [0.05, 0.1) is 31.7 Å². The average molecular weight is 475 g/mol. The Morgan fingerprint density at radius 3 is 2.59 bits per heavy atom. The van der Waals surface area contributed by atoms with E-state index >= 15 is 0 Å². The zero-order chi connectivity index (χ0) is 23.1. The number of benzene rings is 2. The summed E-state index contributed by atoms with van der Waals surface area (Å²) in [5, 5.41) is 12.4. The first-order valence-electron chi connectivity index (χ1n) is 9.85. The molecule has 3 rings (SSSR count). The van der Waals surface area contributed by atoms with E-state index in [9.17, 15) is 9.59 Å². The predicted molar refractivity (Wildman–Crippen MR) is 123 cm³/mol. The molecule has 10 heteroatoms. The van der Waals surface area contributed by atoms with Gasteiger partial charge in [-0.25, -0.2) is 0 Å². The number of methoxy groups -OCH3 is 1. The summed E-state index contributed by atoms with van der Waals surface area (Å²) in [4.78, 5) is 24.4. The molecule has 1 N–H and O–H groups in total. The van der Waals surface area contributed by atoms with Crippen LogP contribution in [0.5, 0.6) is 5.75 Å². The number of rotatable bonds is 9. The van der Waals surface area contributed by atoms with Crippen molar-refractivity contribution in [3.05, 3.63) is 64.4 Å². The van der Waals surface area contributed by atoms with Crippen molar-refractivity contribution in [1.29, 1.82) is 0 Å². The molecule has 3 aromatic rings. The fourth-order valence-electron chi connectivity index (χ4n) is 2.92. The number of hydrogen-bond acceptors (Lipinski definition) is 7. The Morgan fingerprint density at radius 1 is 1.16 bits per heavy atom. The number of ether oxygens (including phenoxy) is 2. The van der Waals surface area contributed by atoms with Gasteiger partial charge in [-0.1, -0.05) is 29.4 Å². The van der Waals surface area contributed by atoms with Gasteiger partial charge in [-0.05, 0) is 55.8 Å². The van der Waals surface area contributed by atoms with Crippen molar-refractivity contribution in [2.45, 2.75) is 25.5 Å². The Bertz CT molecular complexity index is 1100. The SMILES string of the molecule is CCOC(=O)CSc1nnc(CNC(=O)c2ccc(OC)cc2)n1-c1cccc(Cl)c1C. The second kappa shape index (κ2) is 11.0. The van der Waals surface area contributed by atoms with E-state index in [0.717, 1.165) is 11.3 Å². The number of aromatic nitrogens is 3. The predicted octanol–water partition coefficient (Wildman–Crippen LogP) is 3.82. The van der Waals surface area contributed by atoms with Gasteiger partial charge in [-0.15, -0.1) is 10.2 Å². The summed E-state index contributed by atoms with van der Waals surface area (Å²) in [7, 11) is 1.57. The van der Waals surface area contributed by atoms with Crippen molar-refractivity contribution in [3.63, 3.8) is 0 Å². The summed E-state index contributed by atoms with van der Waals surface area (Å²) >= 11 is 7.53. The molecule has 0 saturated carbocycles. The molecule has 0 radical (unpaired) electrons. The van der Waals surface area contributed by atoms with E-state index in [1.165, 1.54) is 11.8 Å². The number of amides is 1. The molecule has 0 bridgehead atoms. The molecular weight excluding hydrogens is 452 g/mol. The minimum Gasteiger partial charge on any atom is -0.497 e. The number of thioether (sulfide) groups is 1. The largest absolute Gasteiger partial charge is 0.497 e. The number of nitrogens with zero attached hydrogens (tertiary/aromatic N) is 3. The third-order valence-electron chi connectivity index (χ3n) is 4.56. The average Bonchev–Trinajstić information content (AvgIpc) is 3.20. The number of carbonyl (C=O) groups excluding carboxylic acids is 2. The van der Waals surface area contributed by atoms with E-state index < -0.39 is 0 Å². The normalized spacial score (nSPS) is 10.6. The molecule has 0 saturated heterocycles. The molecule has 8 nitrogen and oxygen atoms in total.